The second-order valence-electron chi connectivity index (χ2n) is 2.64. The fourth-order valence-corrected chi connectivity index (χ4v) is 0.927. The minimum atomic E-state index is 1.06. The summed E-state index contributed by atoms with van der Waals surface area (Å²) in [6.45, 7) is 5.35. The number of allylic oxidation sites excluding steroid dienone is 2. The third-order valence-electron chi connectivity index (χ3n) is 1.72. The van der Waals surface area contributed by atoms with E-state index < -0.39 is 0 Å². The molecule has 1 heterocycles. The van der Waals surface area contributed by atoms with Gasteiger partial charge in [-0.25, -0.2) is 0 Å². The van der Waals surface area contributed by atoms with Crippen LogP contribution in [0.3, 0.4) is 0 Å². The average Bonchev–Trinajstić information content (AvgIpc) is 1.80. The molecule has 1 aliphatic rings. The van der Waals surface area contributed by atoms with Gasteiger partial charge in [-0.05, 0) is 25.0 Å². The van der Waals surface area contributed by atoms with E-state index in [2.05, 4.69) is 38.1 Å². The lowest BCUT2D eigenvalue weighted by molar-refractivity contribution is 0.497. The molecule has 0 saturated carbocycles. The van der Waals surface area contributed by atoms with Gasteiger partial charge in [0.2, 0.25) is 0 Å². The molecule has 0 fully saturated rings. The summed E-state index contributed by atoms with van der Waals surface area (Å²) in [5.41, 5.74) is 2.79. The first-order valence-corrected chi connectivity index (χ1v) is 3.26. The molecule has 0 aliphatic carbocycles. The van der Waals surface area contributed by atoms with Crippen molar-refractivity contribution in [3.63, 3.8) is 0 Å². The second kappa shape index (κ2) is 2.26. The van der Waals surface area contributed by atoms with Crippen LogP contribution in [0.15, 0.2) is 23.4 Å². The van der Waals surface area contributed by atoms with E-state index in [0.717, 1.165) is 6.54 Å². The monoisotopic (exact) mass is 123 g/mol. The van der Waals surface area contributed by atoms with Crippen molar-refractivity contribution in [1.82, 2.24) is 4.90 Å². The molecule has 0 aromatic heterocycles. The number of rotatable bonds is 0. The topological polar surface area (TPSA) is 3.24 Å². The van der Waals surface area contributed by atoms with Gasteiger partial charge in [0.1, 0.15) is 0 Å². The molecule has 0 N–H and O–H groups in total. The highest BCUT2D eigenvalue weighted by atomic mass is 15.1. The van der Waals surface area contributed by atoms with Crippen LogP contribution >= 0.6 is 0 Å². The fourth-order valence-electron chi connectivity index (χ4n) is 0.927. The largest absolute Gasteiger partial charge is 0.376 e. The van der Waals surface area contributed by atoms with E-state index in [4.69, 9.17) is 0 Å². The Balaban J connectivity index is 2.75. The molecule has 0 amide bonds. The van der Waals surface area contributed by atoms with Gasteiger partial charge in [0, 0.05) is 19.8 Å². The predicted octanol–water partition coefficient (Wildman–Crippen LogP) is 1.78. The van der Waals surface area contributed by atoms with Crippen LogP contribution in [0.5, 0.6) is 0 Å². The molecular weight excluding hydrogens is 110 g/mol. The molecule has 1 heteroatoms. The minimum absolute atomic E-state index is 1.06. The third-order valence-corrected chi connectivity index (χ3v) is 1.72. The summed E-state index contributed by atoms with van der Waals surface area (Å²) in [5.74, 6) is 0. The first-order valence-electron chi connectivity index (χ1n) is 3.26. The van der Waals surface area contributed by atoms with Gasteiger partial charge in [0.25, 0.3) is 0 Å². The van der Waals surface area contributed by atoms with Crippen molar-refractivity contribution in [3.8, 4) is 0 Å². The highest BCUT2D eigenvalue weighted by Crippen LogP contribution is 2.12. The van der Waals surface area contributed by atoms with Crippen molar-refractivity contribution in [2.75, 3.05) is 13.6 Å². The van der Waals surface area contributed by atoms with Crippen molar-refractivity contribution in [2.24, 2.45) is 0 Å². The smallest absolute Gasteiger partial charge is 0.0356 e. The normalized spacial score (nSPS) is 19.2. The molecule has 1 aliphatic heterocycles. The Morgan fingerprint density at radius 3 is 2.44 bits per heavy atom. The van der Waals surface area contributed by atoms with E-state index in [-0.39, 0.29) is 0 Å². The van der Waals surface area contributed by atoms with E-state index in [1.807, 2.05) is 0 Å². The SMILES string of the molecule is CC1=CCN(C)C=C1C. The van der Waals surface area contributed by atoms with Crippen molar-refractivity contribution >= 4 is 0 Å². The van der Waals surface area contributed by atoms with Crippen LogP contribution in [0.4, 0.5) is 0 Å². The van der Waals surface area contributed by atoms with Crippen LogP contribution in [0.1, 0.15) is 13.8 Å². The summed E-state index contributed by atoms with van der Waals surface area (Å²) in [6, 6.07) is 0. The molecule has 0 aromatic carbocycles. The molecule has 50 valence electrons. The van der Waals surface area contributed by atoms with Gasteiger partial charge in [-0.1, -0.05) is 6.08 Å². The summed E-state index contributed by atoms with van der Waals surface area (Å²) >= 11 is 0. The van der Waals surface area contributed by atoms with Crippen LogP contribution < -0.4 is 0 Å². The van der Waals surface area contributed by atoms with Gasteiger partial charge in [-0.3, -0.25) is 0 Å². The van der Waals surface area contributed by atoms with Crippen molar-refractivity contribution in [2.45, 2.75) is 13.8 Å². The zero-order chi connectivity index (χ0) is 6.85. The Kier molecular flexibility index (Phi) is 1.60. The molecular formula is C8H13N. The van der Waals surface area contributed by atoms with Crippen LogP contribution in [-0.2, 0) is 0 Å². The second-order valence-corrected chi connectivity index (χ2v) is 2.64. The van der Waals surface area contributed by atoms with Gasteiger partial charge in [0.05, 0.1) is 0 Å². The number of hydrogen-bond donors (Lipinski definition) is 0. The Morgan fingerprint density at radius 2 is 2.00 bits per heavy atom. The standard InChI is InChI=1S/C8H13N/c1-7-4-5-9(3)6-8(7)2/h4,6H,5H2,1-3H3. The van der Waals surface area contributed by atoms with Crippen LogP contribution in [0, 0.1) is 0 Å². The first kappa shape index (κ1) is 6.40. The maximum atomic E-state index is 2.25. The van der Waals surface area contributed by atoms with Crippen molar-refractivity contribution < 1.29 is 0 Å². The maximum absolute atomic E-state index is 2.25. The average molecular weight is 123 g/mol. The summed E-state index contributed by atoms with van der Waals surface area (Å²) in [7, 11) is 2.09. The third kappa shape index (κ3) is 1.35. The van der Waals surface area contributed by atoms with Crippen LogP contribution in [0.2, 0.25) is 0 Å². The maximum Gasteiger partial charge on any atom is 0.0356 e. The van der Waals surface area contributed by atoms with E-state index in [9.17, 15) is 0 Å². The van der Waals surface area contributed by atoms with Crippen molar-refractivity contribution in [1.29, 1.82) is 0 Å². The van der Waals surface area contributed by atoms with Crippen molar-refractivity contribution in [3.05, 3.63) is 23.4 Å². The number of hydrogen-bond acceptors (Lipinski definition) is 1. The van der Waals surface area contributed by atoms with Gasteiger partial charge in [0.15, 0.2) is 0 Å². The molecule has 0 radical (unpaired) electrons. The van der Waals surface area contributed by atoms with Gasteiger partial charge < -0.3 is 4.90 Å². The zero-order valence-electron chi connectivity index (χ0n) is 6.31. The summed E-state index contributed by atoms with van der Waals surface area (Å²) in [4.78, 5) is 2.18. The number of likely N-dealkylation sites (N-methyl/N-ethyl adjacent to an activating group) is 1. The quantitative estimate of drug-likeness (QED) is 0.474. The fraction of sp³-hybridized carbons (Fsp3) is 0.500. The molecule has 0 bridgehead atoms. The van der Waals surface area contributed by atoms with E-state index in [0.29, 0.717) is 0 Å². The zero-order valence-corrected chi connectivity index (χ0v) is 6.31. The Morgan fingerprint density at radius 1 is 1.33 bits per heavy atom. The predicted molar refractivity (Wildman–Crippen MR) is 40.1 cm³/mol. The molecule has 0 atom stereocenters. The Hall–Kier alpha value is -0.720. The van der Waals surface area contributed by atoms with E-state index in [1.54, 1.807) is 0 Å². The molecule has 0 aromatic rings. The molecule has 0 unspecified atom stereocenters. The molecule has 1 rings (SSSR count). The Bertz CT molecular complexity index is 165. The van der Waals surface area contributed by atoms with Crippen LogP contribution in [0.25, 0.3) is 0 Å². The summed E-state index contributed by atoms with van der Waals surface area (Å²) in [6.07, 6.45) is 4.42. The molecule has 0 saturated heterocycles. The van der Waals surface area contributed by atoms with Crippen LogP contribution in [-0.4, -0.2) is 18.5 Å². The number of nitrogens with zero attached hydrogens (tertiary/aromatic N) is 1. The molecule has 1 nitrogen and oxygen atoms in total. The lowest BCUT2D eigenvalue weighted by atomic mass is 10.1. The molecule has 0 spiro atoms. The molecule has 9 heavy (non-hydrogen) atoms. The lowest BCUT2D eigenvalue weighted by Gasteiger charge is -2.18. The summed E-state index contributed by atoms with van der Waals surface area (Å²) < 4.78 is 0. The van der Waals surface area contributed by atoms with E-state index in [1.165, 1.54) is 11.1 Å². The summed E-state index contributed by atoms with van der Waals surface area (Å²) in [5, 5.41) is 0. The van der Waals surface area contributed by atoms with E-state index >= 15 is 0 Å². The highest BCUT2D eigenvalue weighted by Gasteiger charge is 2.00. The first-order chi connectivity index (χ1) is 4.20. The highest BCUT2D eigenvalue weighted by molar-refractivity contribution is 5.29. The van der Waals surface area contributed by atoms with Gasteiger partial charge in [-0.2, -0.15) is 0 Å². The minimum Gasteiger partial charge on any atom is -0.376 e. The van der Waals surface area contributed by atoms with Gasteiger partial charge >= 0.3 is 0 Å². The lowest BCUT2D eigenvalue weighted by Crippen LogP contribution is -2.14. The van der Waals surface area contributed by atoms with Gasteiger partial charge in [-0.15, -0.1) is 0 Å². The Labute approximate surface area is 56.7 Å².